The van der Waals surface area contributed by atoms with Crippen LogP contribution < -0.4 is 5.73 Å². The third-order valence-corrected chi connectivity index (χ3v) is 12.3. The minimum absolute atomic E-state index is 0.0108. The van der Waals surface area contributed by atoms with E-state index in [0.717, 1.165) is 31.2 Å². The van der Waals surface area contributed by atoms with Gasteiger partial charge in [-0.2, -0.15) is 0 Å². The van der Waals surface area contributed by atoms with Crippen LogP contribution in [-0.2, 0) is 43.6 Å². The van der Waals surface area contributed by atoms with Crippen LogP contribution in [0.25, 0.3) is 0 Å². The van der Waals surface area contributed by atoms with Crippen LogP contribution in [0.4, 0.5) is 0 Å². The smallest absolute Gasteiger partial charge is 0.310 e. The number of ketones is 2. The number of hydrogen-bond donors (Lipinski definition) is 1. The third-order valence-electron chi connectivity index (χ3n) is 12.3. The van der Waals surface area contributed by atoms with Crippen molar-refractivity contribution in [3.05, 3.63) is 35.9 Å². The SMILES string of the molecule is CC[C@H](C)[C@@H]([C@@H](CC(=O)N1CCC[C@H]1[C@H](OC)[C@@H](C)C(=O)C[C@@H](C(=O)OC)C1(c2ccccc2)CC1)OC)N(C)C(=O)[C@@H](CC(=O)C(C)(C)N)C(C)C. The first-order valence-electron chi connectivity index (χ1n) is 19.5. The first-order valence-corrected chi connectivity index (χ1v) is 19.5. The molecule has 1 aliphatic heterocycles. The normalized spacial score (nSPS) is 20.8. The summed E-state index contributed by atoms with van der Waals surface area (Å²) in [6.07, 6.45) is 2.67. The fourth-order valence-corrected chi connectivity index (χ4v) is 8.45. The molecule has 2 amide bonds. The number of nitrogens with zero attached hydrogens (tertiary/aromatic N) is 2. The number of amides is 2. The van der Waals surface area contributed by atoms with E-state index in [9.17, 15) is 24.0 Å². The lowest BCUT2D eigenvalue weighted by molar-refractivity contribution is -0.150. The number of benzene rings is 1. The average Bonchev–Trinajstić information content (AvgIpc) is 3.80. The summed E-state index contributed by atoms with van der Waals surface area (Å²) in [7, 11) is 6.23. The van der Waals surface area contributed by atoms with Crippen LogP contribution in [-0.4, -0.2) is 104 Å². The number of likely N-dealkylation sites (N-methyl/N-ethyl adjacent to an activating group) is 1. The molecule has 0 aromatic heterocycles. The summed E-state index contributed by atoms with van der Waals surface area (Å²) in [5, 5.41) is 0. The highest BCUT2D eigenvalue weighted by Crippen LogP contribution is 2.55. The topological polar surface area (TPSA) is 146 Å². The van der Waals surface area contributed by atoms with E-state index in [-0.39, 0.29) is 60.5 Å². The molecule has 1 heterocycles. The van der Waals surface area contributed by atoms with Gasteiger partial charge in [-0.3, -0.25) is 24.0 Å². The Bertz CT molecular complexity index is 1400. The summed E-state index contributed by atoms with van der Waals surface area (Å²) < 4.78 is 17.2. The summed E-state index contributed by atoms with van der Waals surface area (Å²) in [6, 6.07) is 9.08. The predicted molar refractivity (Wildman–Crippen MR) is 205 cm³/mol. The molecule has 0 unspecified atom stereocenters. The van der Waals surface area contributed by atoms with Crippen molar-refractivity contribution in [1.82, 2.24) is 9.80 Å². The summed E-state index contributed by atoms with van der Waals surface area (Å²) in [6.45, 7) is 13.6. The number of nitrogens with two attached hydrogens (primary N) is 1. The summed E-state index contributed by atoms with van der Waals surface area (Å²) in [5.74, 6) is -2.86. The van der Waals surface area contributed by atoms with E-state index in [4.69, 9.17) is 19.9 Å². The molecule has 53 heavy (non-hydrogen) atoms. The zero-order valence-electron chi connectivity index (χ0n) is 34.2. The van der Waals surface area contributed by atoms with Crippen molar-refractivity contribution in [3.8, 4) is 0 Å². The minimum Gasteiger partial charge on any atom is -0.469 e. The third kappa shape index (κ3) is 10.3. The Kier molecular flexibility index (Phi) is 15.8. The van der Waals surface area contributed by atoms with Crippen LogP contribution >= 0.6 is 0 Å². The Morgan fingerprint density at radius 1 is 0.962 bits per heavy atom. The Labute approximate surface area is 318 Å². The Morgan fingerprint density at radius 2 is 1.58 bits per heavy atom. The van der Waals surface area contributed by atoms with Gasteiger partial charge in [-0.25, -0.2) is 0 Å². The standard InChI is InChI=1S/C42H67N3O8/c1-12-27(4)37(44(8)39(49)30(26(2)3)23-35(47)41(6,7)43)34(51-9)25-36(48)45-22-16-19-32(45)38(52-10)28(5)33(46)24-31(40(50)53-11)42(20-21-42)29-17-14-13-15-18-29/h13-15,17-18,26-28,30-32,34,37-38H,12,16,19-25,43H2,1-11H3/t27-,28-,30-,31-,32-,34+,37-,38+/m0/s1. The van der Waals surface area contributed by atoms with E-state index >= 15 is 0 Å². The van der Waals surface area contributed by atoms with Gasteiger partial charge in [0.25, 0.3) is 0 Å². The number of esters is 1. The second kappa shape index (κ2) is 18.9. The highest BCUT2D eigenvalue weighted by atomic mass is 16.5. The van der Waals surface area contributed by atoms with Crippen LogP contribution in [0, 0.1) is 29.6 Å². The fraction of sp³-hybridized carbons (Fsp3) is 0.738. The molecule has 2 fully saturated rings. The van der Waals surface area contributed by atoms with E-state index in [2.05, 4.69) is 0 Å². The zero-order chi connectivity index (χ0) is 39.8. The molecule has 3 rings (SSSR count). The van der Waals surface area contributed by atoms with E-state index in [1.807, 2.05) is 69.9 Å². The highest BCUT2D eigenvalue weighted by Gasteiger charge is 2.55. The van der Waals surface area contributed by atoms with E-state index < -0.39 is 52.9 Å². The monoisotopic (exact) mass is 741 g/mol. The van der Waals surface area contributed by atoms with Crippen molar-refractivity contribution in [1.29, 1.82) is 0 Å². The van der Waals surface area contributed by atoms with Gasteiger partial charge in [0.15, 0.2) is 5.78 Å². The number of Topliss-reactive ketones (excluding diaryl/α,β-unsaturated/α-hetero) is 2. The zero-order valence-corrected chi connectivity index (χ0v) is 34.2. The first-order chi connectivity index (χ1) is 24.9. The molecular weight excluding hydrogens is 674 g/mol. The van der Waals surface area contributed by atoms with Gasteiger partial charge in [0.2, 0.25) is 11.8 Å². The van der Waals surface area contributed by atoms with Gasteiger partial charge in [0.05, 0.1) is 49.3 Å². The molecule has 8 atom stereocenters. The lowest BCUT2D eigenvalue weighted by atomic mass is 9.77. The van der Waals surface area contributed by atoms with Crippen LogP contribution in [0.5, 0.6) is 0 Å². The number of carbonyl (C=O) groups is 5. The van der Waals surface area contributed by atoms with Crippen molar-refractivity contribution in [3.63, 3.8) is 0 Å². The largest absolute Gasteiger partial charge is 0.469 e. The maximum atomic E-state index is 14.2. The van der Waals surface area contributed by atoms with E-state index in [0.29, 0.717) is 13.0 Å². The van der Waals surface area contributed by atoms with Crippen molar-refractivity contribution < 1.29 is 38.2 Å². The molecule has 0 radical (unpaired) electrons. The molecular formula is C42H67N3O8. The molecule has 1 aromatic carbocycles. The quantitative estimate of drug-likeness (QED) is 0.165. The van der Waals surface area contributed by atoms with E-state index in [1.165, 1.54) is 7.11 Å². The minimum atomic E-state index is -1.05. The van der Waals surface area contributed by atoms with Gasteiger partial charge in [0.1, 0.15) is 5.78 Å². The Hall–Kier alpha value is -3.15. The number of hydrogen-bond acceptors (Lipinski definition) is 9. The average molecular weight is 742 g/mol. The number of ether oxygens (including phenoxy) is 3. The van der Waals surface area contributed by atoms with E-state index in [1.54, 1.807) is 40.0 Å². The molecule has 0 spiro atoms. The first kappa shape index (κ1) is 44.2. The number of carbonyl (C=O) groups excluding carboxylic acids is 5. The maximum Gasteiger partial charge on any atom is 0.310 e. The van der Waals surface area contributed by atoms with Gasteiger partial charge >= 0.3 is 5.97 Å². The molecule has 11 heteroatoms. The van der Waals surface area contributed by atoms with Crippen LogP contribution in [0.3, 0.4) is 0 Å². The van der Waals surface area contributed by atoms with Crippen molar-refractivity contribution in [2.45, 2.75) is 135 Å². The summed E-state index contributed by atoms with van der Waals surface area (Å²) in [4.78, 5) is 71.9. The second-order valence-corrected chi connectivity index (χ2v) is 16.6. The van der Waals surface area contributed by atoms with Gasteiger partial charge in [0, 0.05) is 57.9 Å². The van der Waals surface area contributed by atoms with Gasteiger partial charge in [-0.1, -0.05) is 71.4 Å². The molecule has 1 saturated carbocycles. The molecule has 2 aliphatic rings. The second-order valence-electron chi connectivity index (χ2n) is 16.6. The van der Waals surface area contributed by atoms with Gasteiger partial charge in [-0.05, 0) is 56.9 Å². The summed E-state index contributed by atoms with van der Waals surface area (Å²) >= 11 is 0. The predicted octanol–water partition coefficient (Wildman–Crippen LogP) is 5.36. The van der Waals surface area contributed by atoms with Crippen LogP contribution in [0.1, 0.15) is 105 Å². The van der Waals surface area contributed by atoms with Gasteiger partial charge in [-0.15, -0.1) is 0 Å². The number of likely N-dealkylation sites (tertiary alicyclic amines) is 1. The fourth-order valence-electron chi connectivity index (χ4n) is 8.45. The molecule has 1 aliphatic carbocycles. The van der Waals surface area contributed by atoms with Gasteiger partial charge < -0.3 is 29.7 Å². The number of methoxy groups -OCH3 is 3. The highest BCUT2D eigenvalue weighted by molar-refractivity contribution is 5.92. The van der Waals surface area contributed by atoms with Crippen LogP contribution in [0.15, 0.2) is 30.3 Å². The molecule has 0 bridgehead atoms. The molecule has 11 nitrogen and oxygen atoms in total. The van der Waals surface area contributed by atoms with Crippen molar-refractivity contribution in [2.75, 3.05) is 34.9 Å². The molecule has 1 saturated heterocycles. The summed E-state index contributed by atoms with van der Waals surface area (Å²) in [5.41, 5.74) is 5.65. The Balaban J connectivity index is 1.80. The molecule has 298 valence electrons. The number of rotatable bonds is 21. The molecule has 1 aromatic rings. The molecule has 2 N–H and O–H groups in total. The maximum absolute atomic E-state index is 14.2. The lowest BCUT2D eigenvalue weighted by Gasteiger charge is -2.41. The van der Waals surface area contributed by atoms with Crippen molar-refractivity contribution in [2.24, 2.45) is 35.3 Å². The lowest BCUT2D eigenvalue weighted by Crippen LogP contribution is -2.54. The van der Waals surface area contributed by atoms with Crippen molar-refractivity contribution >= 4 is 29.4 Å². The Morgan fingerprint density at radius 3 is 2.08 bits per heavy atom. The van der Waals surface area contributed by atoms with Crippen LogP contribution in [0.2, 0.25) is 0 Å².